The standard InChI is InChI=1S/C14H19N5O2/c1-11(20)12-4-2-5-13(10-12)17-14(21)15-6-3-8-19-9-7-16-18-19/h2,4-5,7,9-11,20H,3,6,8H2,1H3,(H2,15,17,21). The fraction of sp³-hybridized carbons (Fsp3) is 0.357. The molecule has 1 atom stereocenters. The van der Waals surface area contributed by atoms with Crippen LogP contribution >= 0.6 is 0 Å². The number of nitrogens with one attached hydrogen (secondary N) is 2. The van der Waals surface area contributed by atoms with E-state index in [4.69, 9.17) is 0 Å². The molecule has 0 aliphatic heterocycles. The van der Waals surface area contributed by atoms with Gasteiger partial charge in [0, 0.05) is 25.0 Å². The molecule has 0 spiro atoms. The van der Waals surface area contributed by atoms with Crippen LogP contribution in [0.4, 0.5) is 10.5 Å². The van der Waals surface area contributed by atoms with E-state index < -0.39 is 6.10 Å². The number of urea groups is 1. The summed E-state index contributed by atoms with van der Waals surface area (Å²) < 4.78 is 1.71. The Labute approximate surface area is 123 Å². The second-order valence-electron chi connectivity index (χ2n) is 4.70. The number of anilines is 1. The van der Waals surface area contributed by atoms with Crippen LogP contribution in [0.15, 0.2) is 36.7 Å². The van der Waals surface area contributed by atoms with Crippen molar-refractivity contribution in [3.05, 3.63) is 42.2 Å². The van der Waals surface area contributed by atoms with Crippen molar-refractivity contribution >= 4 is 11.7 Å². The second-order valence-corrected chi connectivity index (χ2v) is 4.70. The van der Waals surface area contributed by atoms with Crippen molar-refractivity contribution in [1.29, 1.82) is 0 Å². The third kappa shape index (κ3) is 4.88. The van der Waals surface area contributed by atoms with Gasteiger partial charge < -0.3 is 15.7 Å². The monoisotopic (exact) mass is 289 g/mol. The maximum atomic E-state index is 11.7. The molecule has 0 fully saturated rings. The van der Waals surface area contributed by atoms with E-state index in [1.807, 2.05) is 6.07 Å². The first-order chi connectivity index (χ1) is 10.1. The van der Waals surface area contributed by atoms with Gasteiger partial charge in [0.05, 0.1) is 12.3 Å². The Kier molecular flexibility index (Phi) is 5.28. The maximum absolute atomic E-state index is 11.7. The van der Waals surface area contributed by atoms with Crippen LogP contribution < -0.4 is 10.6 Å². The molecule has 21 heavy (non-hydrogen) atoms. The second kappa shape index (κ2) is 7.39. The number of aliphatic hydroxyl groups excluding tert-OH is 1. The van der Waals surface area contributed by atoms with Gasteiger partial charge in [0.2, 0.25) is 0 Å². The first kappa shape index (κ1) is 15.0. The quantitative estimate of drug-likeness (QED) is 0.703. The normalized spacial score (nSPS) is 11.9. The number of nitrogens with zero attached hydrogens (tertiary/aromatic N) is 3. The third-order valence-corrected chi connectivity index (χ3v) is 2.95. The molecule has 2 amide bonds. The van der Waals surface area contributed by atoms with Crippen molar-refractivity contribution in [2.24, 2.45) is 0 Å². The van der Waals surface area contributed by atoms with E-state index >= 15 is 0 Å². The molecule has 2 aromatic rings. The SMILES string of the molecule is CC(O)c1cccc(NC(=O)NCCCn2ccnn2)c1. The Morgan fingerprint density at radius 1 is 1.48 bits per heavy atom. The summed E-state index contributed by atoms with van der Waals surface area (Å²) in [6.45, 7) is 2.93. The predicted octanol–water partition coefficient (Wildman–Crippen LogP) is 1.54. The summed E-state index contributed by atoms with van der Waals surface area (Å²) in [6, 6.07) is 6.87. The van der Waals surface area contributed by atoms with E-state index in [-0.39, 0.29) is 6.03 Å². The molecular formula is C14H19N5O2. The molecule has 0 aliphatic carbocycles. The predicted molar refractivity (Wildman–Crippen MR) is 78.7 cm³/mol. The van der Waals surface area contributed by atoms with Crippen LogP contribution in [-0.4, -0.2) is 32.7 Å². The molecule has 1 aromatic carbocycles. The number of carbonyl (C=O) groups excluding carboxylic acids is 1. The number of hydrogen-bond acceptors (Lipinski definition) is 4. The Bertz CT molecular complexity index is 569. The van der Waals surface area contributed by atoms with Crippen LogP contribution in [0.3, 0.4) is 0 Å². The molecule has 2 rings (SSSR count). The largest absolute Gasteiger partial charge is 0.389 e. The average Bonchev–Trinajstić information content (AvgIpc) is 2.97. The van der Waals surface area contributed by atoms with Crippen LogP contribution in [-0.2, 0) is 6.54 Å². The number of aliphatic hydroxyl groups is 1. The summed E-state index contributed by atoms with van der Waals surface area (Å²) in [5.74, 6) is 0. The molecule has 7 nitrogen and oxygen atoms in total. The van der Waals surface area contributed by atoms with Crippen LogP contribution in [0.1, 0.15) is 25.0 Å². The lowest BCUT2D eigenvalue weighted by atomic mass is 10.1. The molecule has 0 bridgehead atoms. The highest BCUT2D eigenvalue weighted by molar-refractivity contribution is 5.89. The number of aryl methyl sites for hydroxylation is 1. The minimum atomic E-state index is -0.558. The van der Waals surface area contributed by atoms with Crippen molar-refractivity contribution in [3.8, 4) is 0 Å². The van der Waals surface area contributed by atoms with Gasteiger partial charge in [-0.05, 0) is 31.0 Å². The van der Waals surface area contributed by atoms with Gasteiger partial charge in [0.25, 0.3) is 0 Å². The lowest BCUT2D eigenvalue weighted by Crippen LogP contribution is -2.30. The number of aromatic nitrogens is 3. The topological polar surface area (TPSA) is 92.1 Å². The Balaban J connectivity index is 1.72. The summed E-state index contributed by atoms with van der Waals surface area (Å²) in [4.78, 5) is 11.7. The smallest absolute Gasteiger partial charge is 0.319 e. The van der Waals surface area contributed by atoms with E-state index in [1.165, 1.54) is 0 Å². The molecule has 1 heterocycles. The highest BCUT2D eigenvalue weighted by atomic mass is 16.3. The van der Waals surface area contributed by atoms with Gasteiger partial charge in [-0.25, -0.2) is 4.79 Å². The number of hydrogen-bond donors (Lipinski definition) is 3. The van der Waals surface area contributed by atoms with Gasteiger partial charge in [-0.2, -0.15) is 0 Å². The fourth-order valence-electron chi connectivity index (χ4n) is 1.85. The summed E-state index contributed by atoms with van der Waals surface area (Å²) in [5.41, 5.74) is 1.42. The first-order valence-corrected chi connectivity index (χ1v) is 6.82. The molecule has 0 radical (unpaired) electrons. The maximum Gasteiger partial charge on any atom is 0.319 e. The first-order valence-electron chi connectivity index (χ1n) is 6.82. The fourth-order valence-corrected chi connectivity index (χ4v) is 1.85. The van der Waals surface area contributed by atoms with Crippen LogP contribution in [0, 0.1) is 0 Å². The third-order valence-electron chi connectivity index (χ3n) is 2.95. The van der Waals surface area contributed by atoms with Crippen molar-refractivity contribution in [2.45, 2.75) is 26.0 Å². The number of amides is 2. The minimum Gasteiger partial charge on any atom is -0.389 e. The molecule has 0 saturated heterocycles. The molecule has 1 aromatic heterocycles. The number of benzene rings is 1. The van der Waals surface area contributed by atoms with Crippen LogP contribution in [0.5, 0.6) is 0 Å². The van der Waals surface area contributed by atoms with Gasteiger partial charge >= 0.3 is 6.03 Å². The molecular weight excluding hydrogens is 270 g/mol. The van der Waals surface area contributed by atoms with E-state index in [9.17, 15) is 9.90 Å². The Hall–Kier alpha value is -2.41. The number of rotatable bonds is 6. The van der Waals surface area contributed by atoms with Crippen molar-refractivity contribution in [3.63, 3.8) is 0 Å². The summed E-state index contributed by atoms with van der Waals surface area (Å²) in [5, 5.41) is 22.6. The molecule has 0 saturated carbocycles. The average molecular weight is 289 g/mol. The Morgan fingerprint density at radius 2 is 2.33 bits per heavy atom. The highest BCUT2D eigenvalue weighted by Gasteiger charge is 2.04. The molecule has 112 valence electrons. The van der Waals surface area contributed by atoms with E-state index in [1.54, 1.807) is 42.2 Å². The minimum absolute atomic E-state index is 0.267. The lowest BCUT2D eigenvalue weighted by molar-refractivity contribution is 0.199. The van der Waals surface area contributed by atoms with Gasteiger partial charge in [-0.15, -0.1) is 5.10 Å². The van der Waals surface area contributed by atoms with E-state index in [2.05, 4.69) is 20.9 Å². The van der Waals surface area contributed by atoms with E-state index in [0.29, 0.717) is 18.8 Å². The molecule has 0 aliphatic rings. The van der Waals surface area contributed by atoms with Crippen molar-refractivity contribution in [1.82, 2.24) is 20.3 Å². The Morgan fingerprint density at radius 3 is 3.05 bits per heavy atom. The van der Waals surface area contributed by atoms with Crippen LogP contribution in [0.2, 0.25) is 0 Å². The summed E-state index contributed by atoms with van der Waals surface area (Å²) in [6.07, 6.45) is 3.61. The van der Waals surface area contributed by atoms with Gasteiger partial charge in [-0.3, -0.25) is 4.68 Å². The lowest BCUT2D eigenvalue weighted by Gasteiger charge is -2.10. The van der Waals surface area contributed by atoms with Gasteiger partial charge in [0.15, 0.2) is 0 Å². The number of carbonyl (C=O) groups is 1. The summed E-state index contributed by atoms with van der Waals surface area (Å²) in [7, 11) is 0. The molecule has 1 unspecified atom stereocenters. The summed E-state index contributed by atoms with van der Waals surface area (Å²) >= 11 is 0. The molecule has 7 heteroatoms. The van der Waals surface area contributed by atoms with Gasteiger partial charge in [0.1, 0.15) is 0 Å². The zero-order valence-electron chi connectivity index (χ0n) is 11.9. The zero-order valence-corrected chi connectivity index (χ0v) is 11.9. The molecule has 3 N–H and O–H groups in total. The zero-order chi connectivity index (χ0) is 15.1. The van der Waals surface area contributed by atoms with Crippen molar-refractivity contribution < 1.29 is 9.90 Å². The van der Waals surface area contributed by atoms with Crippen LogP contribution in [0.25, 0.3) is 0 Å². The highest BCUT2D eigenvalue weighted by Crippen LogP contribution is 2.16. The van der Waals surface area contributed by atoms with Crippen molar-refractivity contribution in [2.75, 3.05) is 11.9 Å². The van der Waals surface area contributed by atoms with Gasteiger partial charge in [-0.1, -0.05) is 17.3 Å². The van der Waals surface area contributed by atoms with E-state index in [0.717, 1.165) is 12.0 Å².